The highest BCUT2D eigenvalue weighted by atomic mass is 32.1. The molecule has 7 heteroatoms. The Hall–Kier alpha value is -3.19. The third kappa shape index (κ3) is 3.61. The maximum Gasteiger partial charge on any atom is 0.260 e. The molecule has 0 aliphatic carbocycles. The van der Waals surface area contributed by atoms with Crippen molar-refractivity contribution in [3.05, 3.63) is 78.0 Å². The number of thiazole rings is 1. The Morgan fingerprint density at radius 1 is 1.18 bits per heavy atom. The van der Waals surface area contributed by atoms with Crippen molar-refractivity contribution in [1.29, 1.82) is 0 Å². The number of carbonyl (C=O) groups excluding carboxylic acids is 1. The predicted octanol–water partition coefficient (Wildman–Crippen LogP) is 5.27. The van der Waals surface area contributed by atoms with E-state index >= 15 is 0 Å². The van der Waals surface area contributed by atoms with Crippen molar-refractivity contribution < 1.29 is 18.3 Å². The number of furan rings is 1. The molecule has 0 unspecified atom stereocenters. The molecule has 0 saturated carbocycles. The molecule has 4 aromatic rings. The van der Waals surface area contributed by atoms with Crippen LogP contribution in [0.5, 0.6) is 5.75 Å². The van der Waals surface area contributed by atoms with E-state index in [1.54, 1.807) is 18.4 Å². The molecular weight excluding hydrogens is 379 g/mol. The number of aromatic nitrogens is 1. The summed E-state index contributed by atoms with van der Waals surface area (Å²) in [6, 6.07) is 14.7. The number of amides is 1. The molecule has 0 bridgehead atoms. The molecule has 2 heterocycles. The molecule has 1 amide bonds. The first kappa shape index (κ1) is 18.2. The molecule has 5 nitrogen and oxygen atoms in total. The Labute approximate surface area is 165 Å². The van der Waals surface area contributed by atoms with Crippen molar-refractivity contribution in [1.82, 2.24) is 4.98 Å². The Morgan fingerprint density at radius 2 is 2.00 bits per heavy atom. The van der Waals surface area contributed by atoms with Gasteiger partial charge in [-0.1, -0.05) is 17.4 Å². The van der Waals surface area contributed by atoms with Crippen LogP contribution in [-0.2, 0) is 6.54 Å². The van der Waals surface area contributed by atoms with Crippen molar-refractivity contribution >= 4 is 32.6 Å². The molecule has 0 saturated heterocycles. The van der Waals surface area contributed by atoms with E-state index in [4.69, 9.17) is 9.15 Å². The summed E-state index contributed by atoms with van der Waals surface area (Å²) in [7, 11) is 0. The van der Waals surface area contributed by atoms with Gasteiger partial charge in [0.2, 0.25) is 0 Å². The first-order chi connectivity index (χ1) is 13.7. The molecule has 142 valence electrons. The molecule has 0 radical (unpaired) electrons. The first-order valence-corrected chi connectivity index (χ1v) is 9.59. The molecule has 0 fully saturated rings. The summed E-state index contributed by atoms with van der Waals surface area (Å²) in [6.07, 6.45) is 1.56. The Balaban J connectivity index is 1.76. The fraction of sp³-hybridized carbons (Fsp3) is 0.143. The number of para-hydroxylation sites is 1. The summed E-state index contributed by atoms with van der Waals surface area (Å²) in [5.74, 6) is 0.623. The van der Waals surface area contributed by atoms with Crippen LogP contribution in [0.4, 0.5) is 9.52 Å². The van der Waals surface area contributed by atoms with Gasteiger partial charge in [0.05, 0.1) is 24.1 Å². The number of nitrogens with zero attached hydrogens (tertiary/aromatic N) is 2. The summed E-state index contributed by atoms with van der Waals surface area (Å²) in [5.41, 5.74) is 1.08. The van der Waals surface area contributed by atoms with Gasteiger partial charge >= 0.3 is 0 Å². The summed E-state index contributed by atoms with van der Waals surface area (Å²) in [4.78, 5) is 19.4. The van der Waals surface area contributed by atoms with Crippen LogP contribution >= 0.6 is 11.3 Å². The van der Waals surface area contributed by atoms with Crippen molar-refractivity contribution in [2.45, 2.75) is 13.5 Å². The van der Waals surface area contributed by atoms with Crippen molar-refractivity contribution in [3.63, 3.8) is 0 Å². The van der Waals surface area contributed by atoms with Gasteiger partial charge < -0.3 is 9.15 Å². The second-order valence-corrected chi connectivity index (χ2v) is 7.02. The first-order valence-electron chi connectivity index (χ1n) is 8.78. The van der Waals surface area contributed by atoms with Crippen LogP contribution in [0.15, 0.2) is 65.3 Å². The molecule has 28 heavy (non-hydrogen) atoms. The normalized spacial score (nSPS) is 10.9. The van der Waals surface area contributed by atoms with Gasteiger partial charge in [-0.3, -0.25) is 9.69 Å². The molecule has 4 rings (SSSR count). The molecule has 0 aliphatic heterocycles. The lowest BCUT2D eigenvalue weighted by molar-refractivity contribution is 0.0983. The predicted molar refractivity (Wildman–Crippen MR) is 106 cm³/mol. The Kier molecular flexibility index (Phi) is 5.08. The SMILES string of the molecule is CCOc1cccc2sc(N(Cc3ccco3)C(=O)c3ccc(F)cc3)nc12. The van der Waals surface area contributed by atoms with Gasteiger partial charge in [-0.05, 0) is 55.5 Å². The highest BCUT2D eigenvalue weighted by molar-refractivity contribution is 7.22. The number of hydrogen-bond donors (Lipinski definition) is 0. The quantitative estimate of drug-likeness (QED) is 0.445. The fourth-order valence-electron chi connectivity index (χ4n) is 2.83. The lowest BCUT2D eigenvalue weighted by Gasteiger charge is -2.18. The van der Waals surface area contributed by atoms with Crippen LogP contribution in [0.25, 0.3) is 10.2 Å². The molecule has 0 N–H and O–H groups in total. The van der Waals surface area contributed by atoms with Gasteiger partial charge in [-0.2, -0.15) is 0 Å². The number of hydrogen-bond acceptors (Lipinski definition) is 5. The van der Waals surface area contributed by atoms with Crippen molar-refractivity contribution in [2.75, 3.05) is 11.5 Å². The third-order valence-corrected chi connectivity index (χ3v) is 5.18. The van der Waals surface area contributed by atoms with Gasteiger partial charge in [0.25, 0.3) is 5.91 Å². The summed E-state index contributed by atoms with van der Waals surface area (Å²) in [6.45, 7) is 2.65. The number of ether oxygens (including phenoxy) is 1. The van der Waals surface area contributed by atoms with Crippen LogP contribution < -0.4 is 9.64 Å². The lowest BCUT2D eigenvalue weighted by Crippen LogP contribution is -2.30. The van der Waals surface area contributed by atoms with Crippen molar-refractivity contribution in [2.24, 2.45) is 0 Å². The van der Waals surface area contributed by atoms with E-state index in [0.717, 1.165) is 4.70 Å². The summed E-state index contributed by atoms with van der Waals surface area (Å²) < 4.78 is 25.3. The van der Waals surface area contributed by atoms with Crippen LogP contribution in [0.3, 0.4) is 0 Å². The molecule has 0 aliphatic rings. The smallest absolute Gasteiger partial charge is 0.260 e. The zero-order chi connectivity index (χ0) is 19.5. The zero-order valence-corrected chi connectivity index (χ0v) is 15.9. The molecule has 2 aromatic heterocycles. The number of fused-ring (bicyclic) bond motifs is 1. The second kappa shape index (κ2) is 7.82. The van der Waals surface area contributed by atoms with Gasteiger partial charge in [-0.15, -0.1) is 0 Å². The standard InChI is InChI=1S/C21H17FN2O3S/c1-2-26-17-6-3-7-18-19(17)23-21(28-18)24(13-16-5-4-12-27-16)20(25)14-8-10-15(22)11-9-14/h3-12H,2,13H2,1H3. The van der Waals surface area contributed by atoms with Crippen LogP contribution in [0.2, 0.25) is 0 Å². The number of benzene rings is 2. The van der Waals surface area contributed by atoms with Crippen LogP contribution in [0, 0.1) is 5.82 Å². The third-order valence-electron chi connectivity index (χ3n) is 4.13. The molecule has 0 spiro atoms. The highest BCUT2D eigenvalue weighted by Crippen LogP contribution is 2.35. The maximum absolute atomic E-state index is 13.3. The topological polar surface area (TPSA) is 55.6 Å². The van der Waals surface area contributed by atoms with Crippen LogP contribution in [0.1, 0.15) is 23.0 Å². The van der Waals surface area contributed by atoms with E-state index in [0.29, 0.717) is 34.3 Å². The Bertz CT molecular complexity index is 1090. The number of anilines is 1. The molecule has 2 aromatic carbocycles. The van der Waals surface area contributed by atoms with E-state index in [1.807, 2.05) is 25.1 Å². The van der Waals surface area contributed by atoms with Gasteiger partial charge in [0, 0.05) is 5.56 Å². The largest absolute Gasteiger partial charge is 0.492 e. The summed E-state index contributed by atoms with van der Waals surface area (Å²) in [5, 5.41) is 0.521. The van der Waals surface area contributed by atoms with Gasteiger partial charge in [-0.25, -0.2) is 9.37 Å². The van der Waals surface area contributed by atoms with E-state index < -0.39 is 5.82 Å². The number of carbonyl (C=O) groups is 1. The van der Waals surface area contributed by atoms with E-state index in [9.17, 15) is 9.18 Å². The van der Waals surface area contributed by atoms with E-state index in [2.05, 4.69) is 4.98 Å². The van der Waals surface area contributed by atoms with Crippen LogP contribution in [-0.4, -0.2) is 17.5 Å². The minimum absolute atomic E-state index is 0.215. The van der Waals surface area contributed by atoms with Crippen molar-refractivity contribution in [3.8, 4) is 5.75 Å². The van der Waals surface area contributed by atoms with Gasteiger partial charge in [0.1, 0.15) is 22.8 Å². The van der Waals surface area contributed by atoms with Gasteiger partial charge in [0.15, 0.2) is 5.13 Å². The van der Waals surface area contributed by atoms with E-state index in [1.165, 1.54) is 40.5 Å². The lowest BCUT2D eigenvalue weighted by atomic mass is 10.2. The fourth-order valence-corrected chi connectivity index (χ4v) is 3.81. The Morgan fingerprint density at radius 3 is 2.71 bits per heavy atom. The number of halogens is 1. The molecule has 0 atom stereocenters. The average Bonchev–Trinajstić information content (AvgIpc) is 3.36. The number of rotatable bonds is 6. The maximum atomic E-state index is 13.3. The molecular formula is C21H17FN2O3S. The monoisotopic (exact) mass is 396 g/mol. The second-order valence-electron chi connectivity index (χ2n) is 6.01. The highest BCUT2D eigenvalue weighted by Gasteiger charge is 2.23. The summed E-state index contributed by atoms with van der Waals surface area (Å²) >= 11 is 1.39. The zero-order valence-electron chi connectivity index (χ0n) is 15.1. The van der Waals surface area contributed by atoms with E-state index in [-0.39, 0.29) is 12.5 Å². The minimum Gasteiger partial charge on any atom is -0.492 e. The minimum atomic E-state index is -0.393. The average molecular weight is 396 g/mol.